The molecule has 0 saturated carbocycles. The minimum Gasteiger partial charge on any atom is -0.488 e. The first-order chi connectivity index (χ1) is 9.81. The molecule has 2 aromatic carbocycles. The van der Waals surface area contributed by atoms with Gasteiger partial charge in [-0.3, -0.25) is 0 Å². The van der Waals surface area contributed by atoms with Crippen molar-refractivity contribution >= 4 is 27.3 Å². The van der Waals surface area contributed by atoms with E-state index in [0.717, 1.165) is 10.2 Å². The van der Waals surface area contributed by atoms with E-state index in [0.29, 0.717) is 6.61 Å². The van der Waals surface area contributed by atoms with E-state index in [9.17, 15) is 0 Å². The summed E-state index contributed by atoms with van der Waals surface area (Å²) in [4.78, 5) is 1.21. The molecule has 0 amide bonds. The average molecular weight is 345 g/mol. The van der Waals surface area contributed by atoms with Crippen LogP contribution in [0.1, 0.15) is 4.88 Å². The number of hydrogen-bond acceptors (Lipinski definition) is 2. The molecule has 0 atom stereocenters. The van der Waals surface area contributed by atoms with Crippen LogP contribution >= 0.6 is 27.3 Å². The predicted molar refractivity (Wildman–Crippen MR) is 88.2 cm³/mol. The van der Waals surface area contributed by atoms with Crippen molar-refractivity contribution in [1.82, 2.24) is 0 Å². The Hall–Kier alpha value is -1.58. The molecule has 1 nitrogen and oxygen atoms in total. The van der Waals surface area contributed by atoms with E-state index in [-0.39, 0.29) is 0 Å². The maximum atomic E-state index is 5.79. The number of rotatable bonds is 4. The van der Waals surface area contributed by atoms with Gasteiger partial charge in [0.15, 0.2) is 0 Å². The minimum atomic E-state index is 0.612. The Morgan fingerprint density at radius 1 is 0.900 bits per heavy atom. The number of ether oxygens (including phenoxy) is 1. The molecule has 0 bridgehead atoms. The Morgan fingerprint density at radius 2 is 1.60 bits per heavy atom. The van der Waals surface area contributed by atoms with Gasteiger partial charge in [0.2, 0.25) is 0 Å². The highest BCUT2D eigenvalue weighted by Crippen LogP contribution is 2.24. The van der Waals surface area contributed by atoms with Crippen molar-refractivity contribution in [2.45, 2.75) is 6.61 Å². The molecule has 20 heavy (non-hydrogen) atoms. The molecule has 0 radical (unpaired) electrons. The van der Waals surface area contributed by atoms with Gasteiger partial charge in [-0.25, -0.2) is 0 Å². The van der Waals surface area contributed by atoms with Crippen LogP contribution in [-0.2, 0) is 6.61 Å². The fourth-order valence-electron chi connectivity index (χ4n) is 1.96. The molecule has 0 aliphatic rings. The van der Waals surface area contributed by atoms with Gasteiger partial charge in [-0.05, 0) is 45.3 Å². The second-order valence-corrected chi connectivity index (χ2v) is 6.32. The highest BCUT2D eigenvalue weighted by molar-refractivity contribution is 9.10. The quantitative estimate of drug-likeness (QED) is 0.584. The Morgan fingerprint density at radius 3 is 2.25 bits per heavy atom. The molecule has 0 N–H and O–H groups in total. The van der Waals surface area contributed by atoms with Crippen molar-refractivity contribution in [2.24, 2.45) is 0 Å². The average Bonchev–Trinajstić information content (AvgIpc) is 2.92. The zero-order valence-corrected chi connectivity index (χ0v) is 13.2. The molecular weight excluding hydrogens is 332 g/mol. The number of benzene rings is 2. The van der Waals surface area contributed by atoms with Gasteiger partial charge in [0, 0.05) is 14.7 Å². The van der Waals surface area contributed by atoms with Crippen LogP contribution in [0.25, 0.3) is 11.1 Å². The minimum absolute atomic E-state index is 0.612. The highest BCUT2D eigenvalue weighted by Gasteiger charge is 2.01. The van der Waals surface area contributed by atoms with Crippen LogP contribution in [0.15, 0.2) is 70.5 Å². The Labute approximate surface area is 131 Å². The Kier molecular flexibility index (Phi) is 4.19. The largest absolute Gasteiger partial charge is 0.488 e. The monoisotopic (exact) mass is 344 g/mol. The molecule has 0 spiro atoms. The van der Waals surface area contributed by atoms with Gasteiger partial charge in [0.25, 0.3) is 0 Å². The number of halogens is 1. The van der Waals surface area contributed by atoms with Crippen LogP contribution in [-0.4, -0.2) is 0 Å². The molecular formula is C17H13BrOS. The fraction of sp³-hybridized carbons (Fsp3) is 0.0588. The molecule has 3 rings (SSSR count). The van der Waals surface area contributed by atoms with E-state index in [1.54, 1.807) is 11.3 Å². The molecule has 3 heteroatoms. The molecule has 1 aromatic heterocycles. The third-order valence-electron chi connectivity index (χ3n) is 2.96. The normalized spacial score (nSPS) is 10.4. The smallest absolute Gasteiger partial charge is 0.122 e. The molecule has 0 aliphatic carbocycles. The maximum absolute atomic E-state index is 5.79. The third-order valence-corrected chi connectivity index (χ3v) is 4.64. The van der Waals surface area contributed by atoms with Gasteiger partial charge < -0.3 is 4.74 Å². The van der Waals surface area contributed by atoms with Gasteiger partial charge in [-0.1, -0.05) is 42.5 Å². The number of hydrogen-bond donors (Lipinski definition) is 0. The van der Waals surface area contributed by atoms with Gasteiger partial charge in [0.05, 0.1) is 0 Å². The van der Waals surface area contributed by atoms with E-state index in [1.165, 1.54) is 16.0 Å². The van der Waals surface area contributed by atoms with Gasteiger partial charge in [-0.15, -0.1) is 11.3 Å². The van der Waals surface area contributed by atoms with E-state index in [4.69, 9.17) is 4.74 Å². The molecule has 100 valence electrons. The summed E-state index contributed by atoms with van der Waals surface area (Å²) in [6.07, 6.45) is 0. The second kappa shape index (κ2) is 6.25. The van der Waals surface area contributed by atoms with E-state index >= 15 is 0 Å². The molecule has 0 saturated heterocycles. The topological polar surface area (TPSA) is 9.23 Å². The van der Waals surface area contributed by atoms with Crippen LogP contribution in [0, 0.1) is 0 Å². The lowest BCUT2D eigenvalue weighted by Crippen LogP contribution is -1.92. The van der Waals surface area contributed by atoms with Crippen LogP contribution in [0.5, 0.6) is 5.75 Å². The zero-order valence-electron chi connectivity index (χ0n) is 10.8. The summed E-state index contributed by atoms with van der Waals surface area (Å²) >= 11 is 5.15. The second-order valence-electron chi connectivity index (χ2n) is 4.41. The molecule has 0 unspecified atom stereocenters. The summed E-state index contributed by atoms with van der Waals surface area (Å²) in [5, 5.41) is 2.07. The highest BCUT2D eigenvalue weighted by atomic mass is 79.9. The summed E-state index contributed by atoms with van der Waals surface area (Å²) < 4.78 is 6.90. The van der Waals surface area contributed by atoms with Crippen molar-refractivity contribution in [3.63, 3.8) is 0 Å². The first kappa shape index (κ1) is 13.4. The van der Waals surface area contributed by atoms with Crippen molar-refractivity contribution in [3.8, 4) is 16.9 Å². The predicted octanol–water partition coefficient (Wildman–Crippen LogP) is 5.76. The van der Waals surface area contributed by atoms with E-state index in [1.807, 2.05) is 30.3 Å². The summed E-state index contributed by atoms with van der Waals surface area (Å²) in [7, 11) is 0. The first-order valence-corrected chi connectivity index (χ1v) is 8.00. The van der Waals surface area contributed by atoms with Gasteiger partial charge in [0.1, 0.15) is 12.4 Å². The summed E-state index contributed by atoms with van der Waals surface area (Å²) in [5.74, 6) is 0.897. The summed E-state index contributed by atoms with van der Waals surface area (Å²) in [6.45, 7) is 0.612. The maximum Gasteiger partial charge on any atom is 0.122 e. The lowest BCUT2D eigenvalue weighted by molar-refractivity contribution is 0.310. The number of thiophene rings is 1. The molecule has 0 fully saturated rings. The van der Waals surface area contributed by atoms with Crippen LogP contribution in [0.3, 0.4) is 0 Å². The van der Waals surface area contributed by atoms with Crippen molar-refractivity contribution in [1.29, 1.82) is 0 Å². The van der Waals surface area contributed by atoms with Crippen molar-refractivity contribution < 1.29 is 4.74 Å². The Bertz CT molecular complexity index is 674. The lowest BCUT2D eigenvalue weighted by atomic mass is 10.1. The summed E-state index contributed by atoms with van der Waals surface area (Å²) in [5.41, 5.74) is 2.43. The van der Waals surface area contributed by atoms with Crippen LogP contribution in [0.2, 0.25) is 0 Å². The SMILES string of the molecule is Brc1csc(COc2ccc(-c3ccccc3)cc2)c1. The molecule has 0 aliphatic heterocycles. The Balaban J connectivity index is 1.67. The molecule has 1 heterocycles. The zero-order chi connectivity index (χ0) is 13.8. The van der Waals surface area contributed by atoms with E-state index in [2.05, 4.69) is 51.6 Å². The molecule has 3 aromatic rings. The fourth-order valence-corrected chi connectivity index (χ4v) is 3.32. The van der Waals surface area contributed by atoms with Crippen molar-refractivity contribution in [2.75, 3.05) is 0 Å². The summed E-state index contributed by atoms with van der Waals surface area (Å²) in [6, 6.07) is 20.7. The van der Waals surface area contributed by atoms with Crippen molar-refractivity contribution in [3.05, 3.63) is 75.4 Å². The van der Waals surface area contributed by atoms with Gasteiger partial charge >= 0.3 is 0 Å². The third kappa shape index (κ3) is 3.30. The van der Waals surface area contributed by atoms with Crippen LogP contribution < -0.4 is 4.74 Å². The van der Waals surface area contributed by atoms with E-state index < -0.39 is 0 Å². The van der Waals surface area contributed by atoms with Crippen LogP contribution in [0.4, 0.5) is 0 Å². The standard InChI is InChI=1S/C17H13BrOS/c18-15-10-17(20-12-15)11-19-16-8-6-14(7-9-16)13-4-2-1-3-5-13/h1-10,12H,11H2. The first-order valence-electron chi connectivity index (χ1n) is 6.32. The lowest BCUT2D eigenvalue weighted by Gasteiger charge is -2.06. The van der Waals surface area contributed by atoms with Gasteiger partial charge in [-0.2, -0.15) is 0 Å².